The molecule has 1 heterocycles. The predicted octanol–water partition coefficient (Wildman–Crippen LogP) is -0.463. The van der Waals surface area contributed by atoms with Crippen molar-refractivity contribution in [1.82, 2.24) is 10.2 Å². The van der Waals surface area contributed by atoms with E-state index in [0.717, 1.165) is 5.69 Å². The molecule has 0 spiro atoms. The lowest BCUT2D eigenvalue weighted by atomic mass is 10.3. The zero-order valence-corrected chi connectivity index (χ0v) is 5.72. The fourth-order valence-electron chi connectivity index (χ4n) is 0.712. The van der Waals surface area contributed by atoms with Crippen molar-refractivity contribution in [3.63, 3.8) is 0 Å². The topological polar surface area (TPSA) is 71.8 Å². The van der Waals surface area contributed by atoms with Crippen molar-refractivity contribution in [2.45, 2.75) is 13.5 Å². The van der Waals surface area contributed by atoms with Gasteiger partial charge in [0, 0.05) is 12.1 Å². The molecule has 0 aromatic carbocycles. The molecule has 0 aliphatic carbocycles. The molecule has 0 aliphatic rings. The average molecular weight is 139 g/mol. The monoisotopic (exact) mass is 139 g/mol. The lowest BCUT2D eigenvalue weighted by molar-refractivity contribution is 0.895. The van der Waals surface area contributed by atoms with Crippen molar-refractivity contribution in [2.24, 2.45) is 5.73 Å². The van der Waals surface area contributed by atoms with Crippen LogP contribution in [0.4, 0.5) is 0 Å². The van der Waals surface area contributed by atoms with Gasteiger partial charge in [0.25, 0.3) is 5.56 Å². The fraction of sp³-hybridized carbons (Fsp3) is 0.333. The normalized spacial score (nSPS) is 9.80. The van der Waals surface area contributed by atoms with Crippen molar-refractivity contribution in [3.8, 4) is 0 Å². The molecule has 4 nitrogen and oxygen atoms in total. The van der Waals surface area contributed by atoms with Gasteiger partial charge >= 0.3 is 0 Å². The van der Waals surface area contributed by atoms with Crippen molar-refractivity contribution >= 4 is 0 Å². The first kappa shape index (κ1) is 6.95. The Hall–Kier alpha value is -1.16. The van der Waals surface area contributed by atoms with E-state index in [4.69, 9.17) is 5.73 Å². The van der Waals surface area contributed by atoms with Gasteiger partial charge in [0.05, 0.1) is 5.69 Å². The Kier molecular flexibility index (Phi) is 1.82. The molecule has 1 aromatic rings. The maximum absolute atomic E-state index is 10.8. The maximum atomic E-state index is 10.8. The van der Waals surface area contributed by atoms with Gasteiger partial charge in [0.1, 0.15) is 0 Å². The minimum absolute atomic E-state index is 0.201. The van der Waals surface area contributed by atoms with E-state index in [1.807, 2.05) is 0 Å². The van der Waals surface area contributed by atoms with Gasteiger partial charge in [-0.1, -0.05) is 0 Å². The Morgan fingerprint density at radius 2 is 2.50 bits per heavy atom. The zero-order valence-electron chi connectivity index (χ0n) is 5.72. The summed E-state index contributed by atoms with van der Waals surface area (Å²) in [6.45, 7) is 2.06. The third kappa shape index (κ3) is 1.22. The summed E-state index contributed by atoms with van der Waals surface area (Å²) in [7, 11) is 0. The molecule has 0 bridgehead atoms. The first-order valence-electron chi connectivity index (χ1n) is 2.99. The number of hydrogen-bond acceptors (Lipinski definition) is 3. The summed E-state index contributed by atoms with van der Waals surface area (Å²) in [5, 5.41) is 6.03. The Morgan fingerprint density at radius 1 is 1.80 bits per heavy atom. The molecule has 0 aliphatic heterocycles. The van der Waals surface area contributed by atoms with Crippen molar-refractivity contribution < 1.29 is 0 Å². The number of nitrogens with two attached hydrogens (primary N) is 1. The van der Waals surface area contributed by atoms with Crippen LogP contribution in [0.15, 0.2) is 10.9 Å². The molecule has 4 heteroatoms. The summed E-state index contributed by atoms with van der Waals surface area (Å²) in [6.07, 6.45) is 0. The highest BCUT2D eigenvalue weighted by atomic mass is 16.1. The van der Waals surface area contributed by atoms with Crippen LogP contribution < -0.4 is 11.3 Å². The lowest BCUT2D eigenvalue weighted by Gasteiger charge is -1.94. The van der Waals surface area contributed by atoms with Crippen molar-refractivity contribution in [2.75, 3.05) is 0 Å². The van der Waals surface area contributed by atoms with Crippen molar-refractivity contribution in [1.29, 1.82) is 0 Å². The molecule has 3 N–H and O–H groups in total. The second-order valence-corrected chi connectivity index (χ2v) is 2.07. The molecule has 0 atom stereocenters. The van der Waals surface area contributed by atoms with Crippen LogP contribution in [0.2, 0.25) is 0 Å². The highest BCUT2D eigenvalue weighted by Crippen LogP contribution is 1.89. The van der Waals surface area contributed by atoms with Gasteiger partial charge in [-0.2, -0.15) is 5.10 Å². The third-order valence-corrected chi connectivity index (χ3v) is 1.23. The molecule has 54 valence electrons. The first-order chi connectivity index (χ1) is 4.74. The van der Waals surface area contributed by atoms with Crippen LogP contribution in [0, 0.1) is 6.92 Å². The molecule has 1 aromatic heterocycles. The molecule has 1 rings (SSSR count). The van der Waals surface area contributed by atoms with Gasteiger partial charge in [-0.15, -0.1) is 0 Å². The highest BCUT2D eigenvalue weighted by molar-refractivity contribution is 5.10. The van der Waals surface area contributed by atoms with Crippen LogP contribution in [-0.2, 0) is 6.54 Å². The number of nitrogens with one attached hydrogen (secondary N) is 1. The fourth-order valence-corrected chi connectivity index (χ4v) is 0.712. The Morgan fingerprint density at radius 3 is 3.00 bits per heavy atom. The third-order valence-electron chi connectivity index (χ3n) is 1.23. The van der Waals surface area contributed by atoms with Crippen LogP contribution in [0.1, 0.15) is 11.3 Å². The molecule has 0 unspecified atom stereocenters. The van der Waals surface area contributed by atoms with Crippen molar-refractivity contribution in [3.05, 3.63) is 27.7 Å². The quantitative estimate of drug-likeness (QED) is 0.552. The smallest absolute Gasteiger partial charge is 0.268 e. The minimum Gasteiger partial charge on any atom is -0.326 e. The van der Waals surface area contributed by atoms with E-state index in [-0.39, 0.29) is 12.1 Å². The Balaban J connectivity index is 3.22. The van der Waals surface area contributed by atoms with Gasteiger partial charge in [0.2, 0.25) is 0 Å². The van der Waals surface area contributed by atoms with E-state index in [1.165, 1.54) is 0 Å². The number of H-pyrrole nitrogens is 1. The van der Waals surface area contributed by atoms with E-state index in [9.17, 15) is 4.79 Å². The lowest BCUT2D eigenvalue weighted by Crippen LogP contribution is -2.17. The molecule has 0 saturated heterocycles. The van der Waals surface area contributed by atoms with E-state index >= 15 is 0 Å². The second kappa shape index (κ2) is 2.62. The Labute approximate surface area is 58.1 Å². The van der Waals surface area contributed by atoms with Gasteiger partial charge in [-0.25, -0.2) is 5.10 Å². The molecule has 0 amide bonds. The first-order valence-corrected chi connectivity index (χ1v) is 2.99. The maximum Gasteiger partial charge on any atom is 0.268 e. The van der Waals surface area contributed by atoms with Crippen LogP contribution in [-0.4, -0.2) is 10.2 Å². The molecule has 0 saturated carbocycles. The molecule has 10 heavy (non-hydrogen) atoms. The largest absolute Gasteiger partial charge is 0.326 e. The summed E-state index contributed by atoms with van der Waals surface area (Å²) in [6, 6.07) is 1.68. The van der Waals surface area contributed by atoms with Crippen LogP contribution in [0.3, 0.4) is 0 Å². The van der Waals surface area contributed by atoms with E-state index in [2.05, 4.69) is 10.2 Å². The van der Waals surface area contributed by atoms with E-state index in [0.29, 0.717) is 5.56 Å². The number of aromatic nitrogens is 2. The van der Waals surface area contributed by atoms with E-state index in [1.54, 1.807) is 13.0 Å². The minimum atomic E-state index is -0.201. The summed E-state index contributed by atoms with van der Waals surface area (Å²) in [4.78, 5) is 10.8. The molecular weight excluding hydrogens is 130 g/mol. The predicted molar refractivity (Wildman–Crippen MR) is 37.5 cm³/mol. The van der Waals surface area contributed by atoms with Gasteiger partial charge in [-0.05, 0) is 13.0 Å². The summed E-state index contributed by atoms with van der Waals surface area (Å²) in [5.41, 5.74) is 6.43. The average Bonchev–Trinajstić information content (AvgIpc) is 1.94. The number of rotatable bonds is 1. The molecular formula is C6H9N3O. The van der Waals surface area contributed by atoms with Crippen LogP contribution in [0.5, 0.6) is 0 Å². The number of nitrogens with zero attached hydrogens (tertiary/aromatic N) is 1. The summed E-state index contributed by atoms with van der Waals surface area (Å²) < 4.78 is 0. The molecule has 0 fully saturated rings. The molecule has 0 radical (unpaired) electrons. The Bertz CT molecular complexity index is 279. The highest BCUT2D eigenvalue weighted by Gasteiger charge is 1.95. The van der Waals surface area contributed by atoms with E-state index < -0.39 is 0 Å². The van der Waals surface area contributed by atoms with Gasteiger partial charge in [0.15, 0.2) is 0 Å². The number of aromatic amines is 1. The zero-order chi connectivity index (χ0) is 7.56. The van der Waals surface area contributed by atoms with Crippen LogP contribution >= 0.6 is 0 Å². The standard InChI is InChI=1S/C6H9N3O/c1-4-2-5(3-7)6(10)9-8-4/h2H,3,7H2,1H3,(H,9,10). The SMILES string of the molecule is Cc1cc(CN)c(=O)[nH]n1. The summed E-state index contributed by atoms with van der Waals surface area (Å²) >= 11 is 0. The van der Waals surface area contributed by atoms with Gasteiger partial charge < -0.3 is 5.73 Å². The second-order valence-electron chi connectivity index (χ2n) is 2.07. The van der Waals surface area contributed by atoms with Crippen LogP contribution in [0.25, 0.3) is 0 Å². The number of hydrogen-bond donors (Lipinski definition) is 2. The van der Waals surface area contributed by atoms with Gasteiger partial charge in [-0.3, -0.25) is 4.79 Å². The number of aryl methyl sites for hydroxylation is 1. The summed E-state index contributed by atoms with van der Waals surface area (Å²) in [5.74, 6) is 0.